The Morgan fingerprint density at radius 2 is 1.85 bits per heavy atom. The molecular weight excluding hydrogens is 416 g/mol. The van der Waals surface area contributed by atoms with Crippen LogP contribution in [0.25, 0.3) is 12.2 Å². The van der Waals surface area contributed by atoms with E-state index in [1.807, 2.05) is 24.3 Å². The second kappa shape index (κ2) is 7.41. The molecule has 0 saturated heterocycles. The van der Waals surface area contributed by atoms with Crippen molar-refractivity contribution in [2.45, 2.75) is 12.6 Å². The molecule has 0 saturated carbocycles. The van der Waals surface area contributed by atoms with Gasteiger partial charge in [-0.05, 0) is 41.5 Å². The summed E-state index contributed by atoms with van der Waals surface area (Å²) in [6.45, 7) is 0. The monoisotopic (exact) mass is 426 g/mol. The molecule has 0 aliphatic rings. The van der Waals surface area contributed by atoms with Crippen molar-refractivity contribution in [3.63, 3.8) is 0 Å². The Hall–Kier alpha value is -2.48. The van der Waals surface area contributed by atoms with E-state index in [-0.39, 0.29) is 11.5 Å². The van der Waals surface area contributed by atoms with Gasteiger partial charge in [0.25, 0.3) is 0 Å². The van der Waals surface area contributed by atoms with Gasteiger partial charge in [0, 0.05) is 10.5 Å². The highest BCUT2D eigenvalue weighted by Crippen LogP contribution is 2.33. The third kappa shape index (κ3) is 4.57. The van der Waals surface area contributed by atoms with Gasteiger partial charge in [-0.15, -0.1) is 10.2 Å². The Labute approximate surface area is 154 Å². The van der Waals surface area contributed by atoms with Crippen molar-refractivity contribution in [3.8, 4) is 0 Å². The summed E-state index contributed by atoms with van der Waals surface area (Å²) < 4.78 is 58.4. The number of halogens is 5. The van der Waals surface area contributed by atoms with E-state index in [4.69, 9.17) is 4.42 Å². The largest absolute Gasteiger partial charge is 0.421 e. The third-order valence-corrected chi connectivity index (χ3v) is 3.95. The van der Waals surface area contributed by atoms with Crippen LogP contribution in [-0.2, 0) is 12.6 Å². The van der Waals surface area contributed by atoms with Crippen LogP contribution in [-0.4, -0.2) is 10.2 Å². The standard InChI is InChI=1S/C18H11BrF4N2O/c19-13-3-1-2-11(8-13)9-17-25-24-16(26-17)7-5-12-4-6-14(20)10-15(12)18(21,22)23/h1-8,10H,9H2/b7-5+. The van der Waals surface area contributed by atoms with E-state index in [0.717, 1.165) is 22.2 Å². The van der Waals surface area contributed by atoms with E-state index in [0.29, 0.717) is 18.4 Å². The Morgan fingerprint density at radius 3 is 2.58 bits per heavy atom. The molecule has 3 aromatic rings. The quantitative estimate of drug-likeness (QED) is 0.498. The van der Waals surface area contributed by atoms with Crippen molar-refractivity contribution in [1.82, 2.24) is 10.2 Å². The SMILES string of the molecule is Fc1ccc(/C=C/c2nnc(Cc3cccc(Br)c3)o2)c(C(F)(F)F)c1. The van der Waals surface area contributed by atoms with E-state index < -0.39 is 17.6 Å². The molecule has 0 aliphatic heterocycles. The maximum absolute atomic E-state index is 13.1. The molecule has 0 fully saturated rings. The molecular formula is C18H11BrF4N2O. The van der Waals surface area contributed by atoms with E-state index in [9.17, 15) is 17.6 Å². The summed E-state index contributed by atoms with van der Waals surface area (Å²) in [4.78, 5) is 0. The second-order valence-corrected chi connectivity index (χ2v) is 6.32. The normalized spacial score (nSPS) is 12.0. The van der Waals surface area contributed by atoms with Crippen molar-refractivity contribution in [1.29, 1.82) is 0 Å². The lowest BCUT2D eigenvalue weighted by molar-refractivity contribution is -0.137. The average molecular weight is 427 g/mol. The van der Waals surface area contributed by atoms with Crippen molar-refractivity contribution in [2.24, 2.45) is 0 Å². The molecule has 0 radical (unpaired) electrons. The lowest BCUT2D eigenvalue weighted by Crippen LogP contribution is -2.07. The number of benzene rings is 2. The summed E-state index contributed by atoms with van der Waals surface area (Å²) >= 11 is 3.36. The van der Waals surface area contributed by atoms with Gasteiger partial charge in [0.1, 0.15) is 5.82 Å². The van der Waals surface area contributed by atoms with Gasteiger partial charge in [-0.25, -0.2) is 4.39 Å². The zero-order chi connectivity index (χ0) is 18.7. The molecule has 26 heavy (non-hydrogen) atoms. The third-order valence-electron chi connectivity index (χ3n) is 3.45. The molecule has 0 bridgehead atoms. The van der Waals surface area contributed by atoms with Gasteiger partial charge in [0.05, 0.1) is 12.0 Å². The summed E-state index contributed by atoms with van der Waals surface area (Å²) in [5, 5.41) is 7.66. The Kier molecular flexibility index (Phi) is 5.22. The first-order chi connectivity index (χ1) is 12.3. The van der Waals surface area contributed by atoms with Crippen LogP contribution in [0.1, 0.15) is 28.5 Å². The fraction of sp³-hybridized carbons (Fsp3) is 0.111. The van der Waals surface area contributed by atoms with E-state index in [1.165, 1.54) is 12.2 Å². The summed E-state index contributed by atoms with van der Waals surface area (Å²) in [7, 11) is 0. The lowest BCUT2D eigenvalue weighted by atomic mass is 10.1. The minimum Gasteiger partial charge on any atom is -0.421 e. The molecule has 2 aromatic carbocycles. The molecule has 0 amide bonds. The second-order valence-electron chi connectivity index (χ2n) is 5.40. The first-order valence-electron chi connectivity index (χ1n) is 7.43. The van der Waals surface area contributed by atoms with Gasteiger partial charge < -0.3 is 4.42 Å². The predicted molar refractivity (Wildman–Crippen MR) is 91.6 cm³/mol. The van der Waals surface area contributed by atoms with E-state index >= 15 is 0 Å². The average Bonchev–Trinajstić information content (AvgIpc) is 3.00. The molecule has 134 valence electrons. The first-order valence-corrected chi connectivity index (χ1v) is 8.22. The number of alkyl halides is 3. The fourth-order valence-electron chi connectivity index (χ4n) is 2.31. The molecule has 8 heteroatoms. The van der Waals surface area contributed by atoms with Crippen LogP contribution < -0.4 is 0 Å². The zero-order valence-electron chi connectivity index (χ0n) is 13.1. The minimum absolute atomic E-state index is 0.0625. The number of hydrogen-bond acceptors (Lipinski definition) is 3. The molecule has 0 unspecified atom stereocenters. The first kappa shape index (κ1) is 18.3. The van der Waals surface area contributed by atoms with Crippen LogP contribution >= 0.6 is 15.9 Å². The number of aromatic nitrogens is 2. The number of rotatable bonds is 4. The van der Waals surface area contributed by atoms with Crippen LogP contribution in [0.3, 0.4) is 0 Å². The highest BCUT2D eigenvalue weighted by Gasteiger charge is 2.33. The van der Waals surface area contributed by atoms with Gasteiger partial charge in [0.2, 0.25) is 11.8 Å². The maximum atomic E-state index is 13.1. The molecule has 3 nitrogen and oxygen atoms in total. The summed E-state index contributed by atoms with van der Waals surface area (Å²) in [6.07, 6.45) is -1.84. The molecule has 0 atom stereocenters. The fourth-order valence-corrected chi connectivity index (χ4v) is 2.75. The van der Waals surface area contributed by atoms with Crippen molar-refractivity contribution in [3.05, 3.63) is 81.2 Å². The summed E-state index contributed by atoms with van der Waals surface area (Å²) in [5.41, 5.74) is -0.315. The van der Waals surface area contributed by atoms with Crippen LogP contribution in [0.5, 0.6) is 0 Å². The van der Waals surface area contributed by atoms with Crippen LogP contribution in [0.4, 0.5) is 17.6 Å². The van der Waals surface area contributed by atoms with Crippen molar-refractivity contribution >= 4 is 28.1 Å². The highest BCUT2D eigenvalue weighted by atomic mass is 79.9. The molecule has 3 rings (SSSR count). The molecule has 0 N–H and O–H groups in total. The highest BCUT2D eigenvalue weighted by molar-refractivity contribution is 9.10. The van der Waals surface area contributed by atoms with Gasteiger partial charge in [0.15, 0.2) is 0 Å². The molecule has 1 aromatic heterocycles. The summed E-state index contributed by atoms with van der Waals surface area (Å²) in [5.74, 6) is -0.561. The zero-order valence-corrected chi connectivity index (χ0v) is 14.7. The van der Waals surface area contributed by atoms with Crippen LogP contribution in [0, 0.1) is 5.82 Å². The van der Waals surface area contributed by atoms with Gasteiger partial charge >= 0.3 is 6.18 Å². The maximum Gasteiger partial charge on any atom is 0.417 e. The van der Waals surface area contributed by atoms with E-state index in [1.54, 1.807) is 0 Å². The van der Waals surface area contributed by atoms with Crippen molar-refractivity contribution < 1.29 is 22.0 Å². The Balaban J connectivity index is 1.79. The van der Waals surface area contributed by atoms with E-state index in [2.05, 4.69) is 26.1 Å². The lowest BCUT2D eigenvalue weighted by Gasteiger charge is -2.09. The van der Waals surface area contributed by atoms with Gasteiger partial charge in [-0.2, -0.15) is 13.2 Å². The smallest absolute Gasteiger partial charge is 0.417 e. The van der Waals surface area contributed by atoms with Crippen molar-refractivity contribution in [2.75, 3.05) is 0 Å². The molecule has 0 spiro atoms. The topological polar surface area (TPSA) is 38.9 Å². The number of nitrogens with zero attached hydrogens (tertiary/aromatic N) is 2. The predicted octanol–water partition coefficient (Wildman–Crippen LogP) is 5.75. The Bertz CT molecular complexity index is 950. The minimum atomic E-state index is -4.66. The molecule has 1 heterocycles. The Morgan fingerprint density at radius 1 is 1.04 bits per heavy atom. The van der Waals surface area contributed by atoms with Gasteiger partial charge in [-0.1, -0.05) is 34.1 Å². The number of hydrogen-bond donors (Lipinski definition) is 0. The summed E-state index contributed by atoms with van der Waals surface area (Å²) in [6, 6.07) is 9.99. The van der Waals surface area contributed by atoms with Crippen LogP contribution in [0.15, 0.2) is 51.4 Å². The molecule has 0 aliphatic carbocycles. The van der Waals surface area contributed by atoms with Crippen LogP contribution in [0.2, 0.25) is 0 Å². The van der Waals surface area contributed by atoms with Gasteiger partial charge in [-0.3, -0.25) is 0 Å².